The van der Waals surface area contributed by atoms with Crippen LogP contribution in [0.15, 0.2) is 6.20 Å². The predicted octanol–water partition coefficient (Wildman–Crippen LogP) is -1.01. The molecular formula is C11H20N6O2. The first-order valence-corrected chi connectivity index (χ1v) is 6.37. The van der Waals surface area contributed by atoms with Crippen molar-refractivity contribution in [2.75, 3.05) is 19.6 Å². The van der Waals surface area contributed by atoms with Crippen LogP contribution in [0.25, 0.3) is 0 Å². The SMILES string of the molecule is CC1CN(CCn2cc(C(=O)NN)nn2)CC(C)O1. The second-order valence-electron chi connectivity index (χ2n) is 4.86. The molecule has 1 aliphatic rings. The normalized spacial score (nSPS) is 24.4. The van der Waals surface area contributed by atoms with Gasteiger partial charge in [-0.1, -0.05) is 5.21 Å². The minimum absolute atomic E-state index is 0.228. The van der Waals surface area contributed by atoms with Gasteiger partial charge in [0.2, 0.25) is 0 Å². The van der Waals surface area contributed by atoms with Crippen molar-refractivity contribution in [3.05, 3.63) is 11.9 Å². The topological polar surface area (TPSA) is 98.3 Å². The summed E-state index contributed by atoms with van der Waals surface area (Å²) in [6.07, 6.45) is 2.09. The highest BCUT2D eigenvalue weighted by Crippen LogP contribution is 2.10. The molecule has 1 aromatic rings. The van der Waals surface area contributed by atoms with Gasteiger partial charge >= 0.3 is 0 Å². The Morgan fingerprint density at radius 2 is 2.16 bits per heavy atom. The minimum atomic E-state index is -0.431. The summed E-state index contributed by atoms with van der Waals surface area (Å²) >= 11 is 0. The molecule has 1 saturated heterocycles. The van der Waals surface area contributed by atoms with E-state index in [1.54, 1.807) is 10.9 Å². The minimum Gasteiger partial charge on any atom is -0.373 e. The number of morpholine rings is 1. The second kappa shape index (κ2) is 6.09. The van der Waals surface area contributed by atoms with Crippen molar-refractivity contribution in [3.8, 4) is 0 Å². The number of hydrazine groups is 1. The van der Waals surface area contributed by atoms with Gasteiger partial charge in [-0.25, -0.2) is 5.84 Å². The van der Waals surface area contributed by atoms with E-state index < -0.39 is 5.91 Å². The Morgan fingerprint density at radius 1 is 1.47 bits per heavy atom. The van der Waals surface area contributed by atoms with Crippen molar-refractivity contribution in [2.24, 2.45) is 5.84 Å². The molecule has 1 amide bonds. The monoisotopic (exact) mass is 268 g/mol. The van der Waals surface area contributed by atoms with Crippen molar-refractivity contribution in [2.45, 2.75) is 32.6 Å². The Labute approximate surface area is 111 Å². The molecule has 0 bridgehead atoms. The van der Waals surface area contributed by atoms with E-state index in [0.29, 0.717) is 6.54 Å². The third-order valence-electron chi connectivity index (χ3n) is 3.04. The van der Waals surface area contributed by atoms with Gasteiger partial charge in [-0.15, -0.1) is 5.10 Å². The molecule has 8 nitrogen and oxygen atoms in total. The van der Waals surface area contributed by atoms with Gasteiger partial charge in [0, 0.05) is 19.6 Å². The highest BCUT2D eigenvalue weighted by Gasteiger charge is 2.21. The molecule has 0 aliphatic carbocycles. The number of ether oxygens (including phenoxy) is 1. The number of nitrogens with zero attached hydrogens (tertiary/aromatic N) is 4. The van der Waals surface area contributed by atoms with Crippen LogP contribution in [0.1, 0.15) is 24.3 Å². The predicted molar refractivity (Wildman–Crippen MR) is 68.1 cm³/mol. The van der Waals surface area contributed by atoms with Gasteiger partial charge in [0.05, 0.1) is 24.9 Å². The van der Waals surface area contributed by atoms with E-state index in [1.807, 2.05) is 5.43 Å². The fourth-order valence-electron chi connectivity index (χ4n) is 2.30. The van der Waals surface area contributed by atoms with E-state index >= 15 is 0 Å². The summed E-state index contributed by atoms with van der Waals surface area (Å²) in [5, 5.41) is 7.66. The maximum Gasteiger partial charge on any atom is 0.287 e. The largest absolute Gasteiger partial charge is 0.373 e. The van der Waals surface area contributed by atoms with Gasteiger partial charge in [0.15, 0.2) is 5.69 Å². The molecule has 19 heavy (non-hydrogen) atoms. The Bertz CT molecular complexity index is 425. The van der Waals surface area contributed by atoms with Crippen molar-refractivity contribution >= 4 is 5.91 Å². The quantitative estimate of drug-likeness (QED) is 0.412. The molecule has 0 radical (unpaired) electrons. The van der Waals surface area contributed by atoms with Gasteiger partial charge in [-0.05, 0) is 13.8 Å². The highest BCUT2D eigenvalue weighted by molar-refractivity contribution is 5.91. The molecular weight excluding hydrogens is 248 g/mol. The van der Waals surface area contributed by atoms with Crippen LogP contribution in [0, 0.1) is 0 Å². The van der Waals surface area contributed by atoms with Crippen LogP contribution in [0.3, 0.4) is 0 Å². The smallest absolute Gasteiger partial charge is 0.287 e. The molecule has 2 atom stereocenters. The number of carbonyl (C=O) groups excluding carboxylic acids is 1. The van der Waals surface area contributed by atoms with E-state index in [4.69, 9.17) is 10.6 Å². The van der Waals surface area contributed by atoms with Gasteiger partial charge in [0.25, 0.3) is 5.91 Å². The van der Waals surface area contributed by atoms with Crippen LogP contribution in [0.2, 0.25) is 0 Å². The molecule has 2 unspecified atom stereocenters. The maximum absolute atomic E-state index is 11.2. The number of nitrogens with one attached hydrogen (secondary N) is 1. The third kappa shape index (κ3) is 3.72. The zero-order valence-electron chi connectivity index (χ0n) is 11.2. The molecule has 1 aromatic heterocycles. The standard InChI is InChI=1S/C11H20N6O2/c1-8-5-16(6-9(2)19-8)3-4-17-7-10(14-15-17)11(18)13-12/h7-9H,3-6,12H2,1-2H3,(H,13,18). The molecule has 3 N–H and O–H groups in total. The summed E-state index contributed by atoms with van der Waals surface area (Å²) in [7, 11) is 0. The molecule has 0 saturated carbocycles. The number of amides is 1. The Kier molecular flexibility index (Phi) is 4.46. The molecule has 1 fully saturated rings. The lowest BCUT2D eigenvalue weighted by molar-refractivity contribution is -0.0687. The van der Waals surface area contributed by atoms with E-state index in [2.05, 4.69) is 29.1 Å². The number of hydrogen-bond donors (Lipinski definition) is 2. The lowest BCUT2D eigenvalue weighted by Crippen LogP contribution is -2.46. The molecule has 106 valence electrons. The van der Waals surface area contributed by atoms with Crippen molar-refractivity contribution in [3.63, 3.8) is 0 Å². The van der Waals surface area contributed by atoms with Crippen molar-refractivity contribution in [1.82, 2.24) is 25.3 Å². The lowest BCUT2D eigenvalue weighted by Gasteiger charge is -2.35. The summed E-state index contributed by atoms with van der Waals surface area (Å²) in [6.45, 7) is 7.50. The summed E-state index contributed by atoms with van der Waals surface area (Å²) < 4.78 is 7.32. The number of nitrogen functional groups attached to an aromatic ring is 1. The number of hydrogen-bond acceptors (Lipinski definition) is 6. The Balaban J connectivity index is 1.85. The Morgan fingerprint density at radius 3 is 2.79 bits per heavy atom. The first-order valence-electron chi connectivity index (χ1n) is 6.37. The zero-order chi connectivity index (χ0) is 13.8. The molecule has 8 heteroatoms. The fraction of sp³-hybridized carbons (Fsp3) is 0.727. The van der Waals surface area contributed by atoms with Gasteiger partial charge in [0.1, 0.15) is 0 Å². The van der Waals surface area contributed by atoms with Crippen molar-refractivity contribution < 1.29 is 9.53 Å². The van der Waals surface area contributed by atoms with Crippen LogP contribution in [-0.4, -0.2) is 57.6 Å². The first kappa shape index (κ1) is 13.9. The van der Waals surface area contributed by atoms with Gasteiger partial charge in [-0.3, -0.25) is 19.8 Å². The Hall–Kier alpha value is -1.51. The first-order chi connectivity index (χ1) is 9.08. The second-order valence-corrected chi connectivity index (χ2v) is 4.86. The number of aromatic nitrogens is 3. The van der Waals surface area contributed by atoms with E-state index in [-0.39, 0.29) is 17.9 Å². The third-order valence-corrected chi connectivity index (χ3v) is 3.04. The fourth-order valence-corrected chi connectivity index (χ4v) is 2.30. The lowest BCUT2D eigenvalue weighted by atomic mass is 10.2. The molecule has 1 aliphatic heterocycles. The average Bonchev–Trinajstić information content (AvgIpc) is 2.83. The van der Waals surface area contributed by atoms with Crippen LogP contribution >= 0.6 is 0 Å². The maximum atomic E-state index is 11.2. The van der Waals surface area contributed by atoms with Crippen molar-refractivity contribution in [1.29, 1.82) is 0 Å². The molecule has 0 aromatic carbocycles. The van der Waals surface area contributed by atoms with E-state index in [9.17, 15) is 4.79 Å². The summed E-state index contributed by atoms with van der Waals surface area (Å²) in [6, 6.07) is 0. The average molecular weight is 268 g/mol. The van der Waals surface area contributed by atoms with Gasteiger partial charge in [-0.2, -0.15) is 0 Å². The molecule has 0 spiro atoms. The zero-order valence-corrected chi connectivity index (χ0v) is 11.2. The molecule has 2 heterocycles. The highest BCUT2D eigenvalue weighted by atomic mass is 16.5. The summed E-state index contributed by atoms with van der Waals surface area (Å²) in [5.41, 5.74) is 2.26. The number of rotatable bonds is 4. The van der Waals surface area contributed by atoms with E-state index in [1.165, 1.54) is 0 Å². The van der Waals surface area contributed by atoms with Crippen LogP contribution in [0.5, 0.6) is 0 Å². The summed E-state index contributed by atoms with van der Waals surface area (Å²) in [4.78, 5) is 13.6. The van der Waals surface area contributed by atoms with Crippen LogP contribution in [0.4, 0.5) is 0 Å². The van der Waals surface area contributed by atoms with E-state index in [0.717, 1.165) is 19.6 Å². The summed E-state index contributed by atoms with van der Waals surface area (Å²) in [5.74, 6) is 4.61. The van der Waals surface area contributed by atoms with Crippen LogP contribution < -0.4 is 11.3 Å². The number of nitrogens with two attached hydrogens (primary N) is 1. The number of carbonyl (C=O) groups is 1. The van der Waals surface area contributed by atoms with Crippen LogP contribution in [-0.2, 0) is 11.3 Å². The molecule has 2 rings (SSSR count). The van der Waals surface area contributed by atoms with Gasteiger partial charge < -0.3 is 4.74 Å².